The van der Waals surface area contributed by atoms with Crippen LogP contribution in [-0.4, -0.2) is 48.3 Å². The molecule has 3 aromatic rings. The van der Waals surface area contributed by atoms with Crippen molar-refractivity contribution < 1.29 is 19.1 Å². The van der Waals surface area contributed by atoms with Gasteiger partial charge in [0.2, 0.25) is 11.8 Å². The molecule has 2 N–H and O–H groups in total. The number of ether oxygens (including phenoxy) is 2. The van der Waals surface area contributed by atoms with E-state index in [9.17, 15) is 9.59 Å². The molecule has 3 unspecified atom stereocenters. The Kier molecular flexibility index (Phi) is 6.00. The summed E-state index contributed by atoms with van der Waals surface area (Å²) in [5.41, 5.74) is 7.81. The van der Waals surface area contributed by atoms with Gasteiger partial charge in [0.05, 0.1) is 17.7 Å². The van der Waals surface area contributed by atoms with E-state index in [1.165, 1.54) is 11.1 Å². The lowest BCUT2D eigenvalue weighted by Crippen LogP contribution is -2.43. The molecule has 1 fully saturated rings. The summed E-state index contributed by atoms with van der Waals surface area (Å²) in [7, 11) is 1.66. The van der Waals surface area contributed by atoms with Crippen molar-refractivity contribution in [2.24, 2.45) is 5.92 Å². The van der Waals surface area contributed by atoms with Crippen LogP contribution in [0, 0.1) is 5.92 Å². The highest BCUT2D eigenvalue weighted by Gasteiger charge is 2.54. The molecule has 5 heterocycles. The average Bonchev–Trinajstić information content (AvgIpc) is 3.61. The number of aromatic nitrogens is 2. The van der Waals surface area contributed by atoms with Crippen LogP contribution in [0.15, 0.2) is 54.2 Å². The van der Waals surface area contributed by atoms with Gasteiger partial charge in [-0.3, -0.25) is 14.6 Å². The van der Waals surface area contributed by atoms with Gasteiger partial charge in [-0.2, -0.15) is 0 Å². The van der Waals surface area contributed by atoms with Gasteiger partial charge in [-0.05, 0) is 61.9 Å². The SMILES string of the molecule is CCOC(CC12CC(=O)Nc3cccc(c31)N(Cc1ccc3c(n1)CC1C[C@]4(CC1=C3)C(=O)Nc1ncccc14)C2)OC. The van der Waals surface area contributed by atoms with E-state index in [0.717, 1.165) is 53.2 Å². The Morgan fingerprint density at radius 1 is 1.12 bits per heavy atom. The summed E-state index contributed by atoms with van der Waals surface area (Å²) in [4.78, 5) is 38.1. The predicted molar refractivity (Wildman–Crippen MR) is 163 cm³/mol. The van der Waals surface area contributed by atoms with Crippen molar-refractivity contribution in [3.63, 3.8) is 0 Å². The summed E-state index contributed by atoms with van der Waals surface area (Å²) in [6, 6.07) is 14.4. The van der Waals surface area contributed by atoms with Crippen molar-refractivity contribution in [2.45, 2.75) is 62.7 Å². The lowest BCUT2D eigenvalue weighted by atomic mass is 9.73. The first kappa shape index (κ1) is 26.5. The van der Waals surface area contributed by atoms with Crippen LogP contribution < -0.4 is 15.5 Å². The molecule has 220 valence electrons. The van der Waals surface area contributed by atoms with Gasteiger partial charge in [-0.15, -0.1) is 0 Å². The molecular formula is C34H35N5O4. The number of carbonyl (C=O) groups excluding carboxylic acids is 2. The van der Waals surface area contributed by atoms with Crippen LogP contribution >= 0.6 is 0 Å². The highest BCUT2D eigenvalue weighted by molar-refractivity contribution is 6.06. The van der Waals surface area contributed by atoms with E-state index in [0.29, 0.717) is 38.4 Å². The predicted octanol–water partition coefficient (Wildman–Crippen LogP) is 4.72. The first-order chi connectivity index (χ1) is 20.9. The number of nitrogens with zero attached hydrogens (tertiary/aromatic N) is 3. The summed E-state index contributed by atoms with van der Waals surface area (Å²) in [5, 5.41) is 6.12. The number of anilines is 3. The Morgan fingerprint density at radius 2 is 2.02 bits per heavy atom. The van der Waals surface area contributed by atoms with Gasteiger partial charge >= 0.3 is 0 Å². The van der Waals surface area contributed by atoms with Crippen LogP contribution in [0.3, 0.4) is 0 Å². The third kappa shape index (κ3) is 4.05. The molecule has 1 aromatic carbocycles. The summed E-state index contributed by atoms with van der Waals surface area (Å²) < 4.78 is 11.6. The van der Waals surface area contributed by atoms with Crippen LogP contribution in [0.1, 0.15) is 60.7 Å². The second-order valence-electron chi connectivity index (χ2n) is 12.7. The van der Waals surface area contributed by atoms with E-state index in [1.54, 1.807) is 13.3 Å². The standard InChI is InChI=1S/C34H35N5O4/c1-3-43-29(42-2)17-33-16-28(40)37-25-7-4-8-27(30(25)33)39(19-33)18-23-10-9-20-12-21-14-34(15-22(21)13-26(20)36-23)24-6-5-11-35-31(24)38-32(34)41/h4-12,22,29H,3,13-19H2,1-2H3,(H,37,40)(H,35,38,41)/t22?,29?,33?,34-/m0/s1. The first-order valence-electron chi connectivity index (χ1n) is 15.2. The van der Waals surface area contributed by atoms with Crippen molar-refractivity contribution in [2.75, 3.05) is 35.8 Å². The second-order valence-corrected chi connectivity index (χ2v) is 12.7. The van der Waals surface area contributed by atoms with Gasteiger partial charge in [-0.25, -0.2) is 4.98 Å². The number of allylic oxidation sites excluding steroid dienone is 1. The molecule has 1 spiro atoms. The lowest BCUT2D eigenvalue weighted by Gasteiger charge is -2.36. The maximum atomic E-state index is 13.2. The van der Waals surface area contributed by atoms with Gasteiger partial charge in [-0.1, -0.05) is 29.8 Å². The highest BCUT2D eigenvalue weighted by Crippen LogP contribution is 2.55. The molecule has 0 saturated heterocycles. The zero-order chi connectivity index (χ0) is 29.3. The maximum Gasteiger partial charge on any atom is 0.236 e. The molecule has 2 aromatic heterocycles. The van der Waals surface area contributed by atoms with Crippen LogP contribution in [0.5, 0.6) is 0 Å². The molecule has 0 bridgehead atoms. The van der Waals surface area contributed by atoms with Crippen molar-refractivity contribution in [1.29, 1.82) is 0 Å². The highest BCUT2D eigenvalue weighted by atomic mass is 16.7. The topological polar surface area (TPSA) is 106 Å². The molecule has 8 rings (SSSR count). The molecule has 2 amide bonds. The molecule has 0 radical (unpaired) electrons. The Labute approximate surface area is 250 Å². The molecule has 3 aliphatic heterocycles. The zero-order valence-electron chi connectivity index (χ0n) is 24.5. The summed E-state index contributed by atoms with van der Waals surface area (Å²) in [6.07, 6.45) is 6.94. The number of nitrogens with one attached hydrogen (secondary N) is 2. The van der Waals surface area contributed by atoms with Gasteiger partial charge in [0, 0.05) is 72.9 Å². The van der Waals surface area contributed by atoms with Crippen molar-refractivity contribution in [3.05, 3.63) is 82.3 Å². The van der Waals surface area contributed by atoms with Gasteiger partial charge < -0.3 is 25.0 Å². The summed E-state index contributed by atoms with van der Waals surface area (Å²) in [6.45, 7) is 3.83. The molecular weight excluding hydrogens is 542 g/mol. The first-order valence-corrected chi connectivity index (χ1v) is 15.2. The Morgan fingerprint density at radius 3 is 2.88 bits per heavy atom. The third-order valence-electron chi connectivity index (χ3n) is 10.2. The quantitative estimate of drug-likeness (QED) is 0.392. The smallest absolute Gasteiger partial charge is 0.236 e. The monoisotopic (exact) mass is 577 g/mol. The van der Waals surface area contributed by atoms with Gasteiger partial charge in [0.1, 0.15) is 5.82 Å². The number of hydrogen-bond acceptors (Lipinski definition) is 7. The number of fused-ring (bicyclic) bond motifs is 4. The van der Waals surface area contributed by atoms with Gasteiger partial charge in [0.15, 0.2) is 6.29 Å². The van der Waals surface area contributed by atoms with Crippen molar-refractivity contribution in [1.82, 2.24) is 9.97 Å². The number of methoxy groups -OCH3 is 1. The van der Waals surface area contributed by atoms with E-state index in [4.69, 9.17) is 14.5 Å². The summed E-state index contributed by atoms with van der Waals surface area (Å²) in [5.74, 6) is 1.07. The maximum absolute atomic E-state index is 13.2. The largest absolute Gasteiger partial charge is 0.364 e. The molecule has 9 nitrogen and oxygen atoms in total. The van der Waals surface area contributed by atoms with Crippen LogP contribution in [0.2, 0.25) is 0 Å². The van der Waals surface area contributed by atoms with E-state index >= 15 is 0 Å². The number of benzene rings is 1. The van der Waals surface area contributed by atoms with E-state index in [2.05, 4.69) is 44.8 Å². The minimum Gasteiger partial charge on any atom is -0.364 e. The third-order valence-corrected chi connectivity index (χ3v) is 10.2. The molecule has 9 heteroatoms. The van der Waals surface area contributed by atoms with Crippen LogP contribution in [0.4, 0.5) is 17.2 Å². The number of pyridine rings is 2. The number of carbonyl (C=O) groups is 2. The van der Waals surface area contributed by atoms with Crippen molar-refractivity contribution >= 4 is 35.1 Å². The summed E-state index contributed by atoms with van der Waals surface area (Å²) >= 11 is 0. The fourth-order valence-corrected chi connectivity index (χ4v) is 8.41. The van der Waals surface area contributed by atoms with Gasteiger partial charge in [0.25, 0.3) is 0 Å². The molecule has 4 atom stereocenters. The van der Waals surface area contributed by atoms with Crippen LogP contribution in [0.25, 0.3) is 6.08 Å². The second kappa shape index (κ2) is 9.72. The fourth-order valence-electron chi connectivity index (χ4n) is 8.41. The Hall–Kier alpha value is -4.08. The lowest BCUT2D eigenvalue weighted by molar-refractivity contribution is -0.136. The average molecular weight is 578 g/mol. The minimum absolute atomic E-state index is 0.0241. The zero-order valence-corrected chi connectivity index (χ0v) is 24.5. The number of amides is 2. The normalized spacial score (nSPS) is 26.8. The van der Waals surface area contributed by atoms with E-state index in [1.807, 2.05) is 31.2 Å². The molecule has 1 saturated carbocycles. The molecule has 2 aliphatic carbocycles. The van der Waals surface area contributed by atoms with E-state index < -0.39 is 10.8 Å². The van der Waals surface area contributed by atoms with Crippen molar-refractivity contribution in [3.8, 4) is 0 Å². The number of hydrogen-bond donors (Lipinski definition) is 2. The Balaban J connectivity index is 1.07. The minimum atomic E-state index is -0.537. The molecule has 43 heavy (non-hydrogen) atoms. The number of rotatable bonds is 7. The van der Waals surface area contributed by atoms with E-state index in [-0.39, 0.29) is 24.0 Å². The molecule has 5 aliphatic rings. The van der Waals surface area contributed by atoms with Crippen LogP contribution in [-0.2, 0) is 42.9 Å². The Bertz CT molecular complexity index is 1700. The fraction of sp³-hybridized carbons (Fsp3) is 0.412.